The maximum atomic E-state index is 11.2. The van der Waals surface area contributed by atoms with Gasteiger partial charge in [-0.05, 0) is 26.7 Å². The molecule has 0 bridgehead atoms. The standard InChI is InChI=1S/C10H22N2O2/c1-7(2)6-8(11)14-9(13)12-10(3,4)5/h7-8H,6,11H2,1-5H3,(H,12,13). The van der Waals surface area contributed by atoms with Gasteiger partial charge in [0.1, 0.15) is 0 Å². The van der Waals surface area contributed by atoms with Gasteiger partial charge in [-0.3, -0.25) is 5.73 Å². The van der Waals surface area contributed by atoms with E-state index >= 15 is 0 Å². The SMILES string of the molecule is CC(C)CC(N)OC(=O)NC(C)(C)C. The van der Waals surface area contributed by atoms with Gasteiger partial charge in [-0.1, -0.05) is 13.8 Å². The van der Waals surface area contributed by atoms with Crippen LogP contribution in [-0.2, 0) is 4.74 Å². The van der Waals surface area contributed by atoms with E-state index in [1.165, 1.54) is 0 Å². The Hall–Kier alpha value is -0.770. The summed E-state index contributed by atoms with van der Waals surface area (Å²) in [5, 5.41) is 2.68. The van der Waals surface area contributed by atoms with Gasteiger partial charge in [0.25, 0.3) is 0 Å². The summed E-state index contributed by atoms with van der Waals surface area (Å²) in [5.41, 5.74) is 5.33. The number of carbonyl (C=O) groups is 1. The van der Waals surface area contributed by atoms with Crippen molar-refractivity contribution in [2.45, 2.75) is 52.8 Å². The molecule has 0 heterocycles. The fraction of sp³-hybridized carbons (Fsp3) is 0.900. The van der Waals surface area contributed by atoms with Gasteiger partial charge in [0.15, 0.2) is 6.23 Å². The van der Waals surface area contributed by atoms with Crippen molar-refractivity contribution in [3.8, 4) is 0 Å². The van der Waals surface area contributed by atoms with Crippen LogP contribution < -0.4 is 11.1 Å². The second-order valence-electron chi connectivity index (χ2n) is 4.95. The summed E-state index contributed by atoms with van der Waals surface area (Å²) < 4.78 is 4.96. The average Bonchev–Trinajstić information content (AvgIpc) is 1.77. The zero-order valence-electron chi connectivity index (χ0n) is 9.76. The van der Waals surface area contributed by atoms with Gasteiger partial charge in [0.05, 0.1) is 0 Å². The zero-order chi connectivity index (χ0) is 11.4. The molecule has 0 rings (SSSR count). The molecule has 0 aliphatic rings. The van der Waals surface area contributed by atoms with E-state index in [1.54, 1.807) is 0 Å². The Balaban J connectivity index is 3.83. The number of nitrogens with one attached hydrogen (secondary N) is 1. The van der Waals surface area contributed by atoms with E-state index in [9.17, 15) is 4.79 Å². The number of nitrogens with two attached hydrogens (primary N) is 1. The van der Waals surface area contributed by atoms with Crippen LogP contribution in [0.5, 0.6) is 0 Å². The lowest BCUT2D eigenvalue weighted by Crippen LogP contribution is -2.43. The van der Waals surface area contributed by atoms with Crippen molar-refractivity contribution in [3.63, 3.8) is 0 Å². The van der Waals surface area contributed by atoms with Crippen molar-refractivity contribution in [2.24, 2.45) is 11.7 Å². The van der Waals surface area contributed by atoms with E-state index in [0.29, 0.717) is 12.3 Å². The molecule has 0 saturated carbocycles. The minimum Gasteiger partial charge on any atom is -0.431 e. The fourth-order valence-electron chi connectivity index (χ4n) is 0.986. The molecule has 14 heavy (non-hydrogen) atoms. The van der Waals surface area contributed by atoms with Crippen LogP contribution in [0.15, 0.2) is 0 Å². The van der Waals surface area contributed by atoms with Gasteiger partial charge in [0, 0.05) is 12.0 Å². The van der Waals surface area contributed by atoms with Crippen LogP contribution in [0.1, 0.15) is 41.0 Å². The van der Waals surface area contributed by atoms with Gasteiger partial charge in [-0.15, -0.1) is 0 Å². The molecule has 0 spiro atoms. The van der Waals surface area contributed by atoms with Crippen molar-refractivity contribution in [1.29, 1.82) is 0 Å². The van der Waals surface area contributed by atoms with Gasteiger partial charge in [-0.2, -0.15) is 0 Å². The van der Waals surface area contributed by atoms with Crippen LogP contribution in [0.2, 0.25) is 0 Å². The van der Waals surface area contributed by atoms with Gasteiger partial charge in [0.2, 0.25) is 0 Å². The molecule has 0 radical (unpaired) electrons. The van der Waals surface area contributed by atoms with Crippen LogP contribution in [0, 0.1) is 5.92 Å². The lowest BCUT2D eigenvalue weighted by Gasteiger charge is -2.22. The first-order chi connectivity index (χ1) is 6.20. The third kappa shape index (κ3) is 7.86. The molecular formula is C10H22N2O2. The first kappa shape index (κ1) is 13.2. The van der Waals surface area contributed by atoms with E-state index < -0.39 is 12.3 Å². The number of hydrogen-bond acceptors (Lipinski definition) is 3. The van der Waals surface area contributed by atoms with Crippen molar-refractivity contribution in [2.75, 3.05) is 0 Å². The number of hydrogen-bond donors (Lipinski definition) is 2. The van der Waals surface area contributed by atoms with Gasteiger partial charge < -0.3 is 10.1 Å². The summed E-state index contributed by atoms with van der Waals surface area (Å²) in [7, 11) is 0. The van der Waals surface area contributed by atoms with Crippen molar-refractivity contribution < 1.29 is 9.53 Å². The summed E-state index contributed by atoms with van der Waals surface area (Å²) in [6, 6.07) is 0. The van der Waals surface area contributed by atoms with Crippen LogP contribution in [-0.4, -0.2) is 17.9 Å². The summed E-state index contributed by atoms with van der Waals surface area (Å²) in [5.74, 6) is 0.424. The molecule has 0 aromatic rings. The Morgan fingerprint density at radius 3 is 2.29 bits per heavy atom. The highest BCUT2D eigenvalue weighted by molar-refractivity contribution is 5.68. The van der Waals surface area contributed by atoms with Crippen LogP contribution in [0.3, 0.4) is 0 Å². The average molecular weight is 202 g/mol. The van der Waals surface area contributed by atoms with Gasteiger partial charge in [-0.25, -0.2) is 4.79 Å². The summed E-state index contributed by atoms with van der Waals surface area (Å²) in [6.07, 6.45) is -0.291. The van der Waals surface area contributed by atoms with Crippen LogP contribution >= 0.6 is 0 Å². The van der Waals surface area contributed by atoms with E-state index in [0.717, 1.165) is 0 Å². The lowest BCUT2D eigenvalue weighted by molar-refractivity contribution is 0.0831. The third-order valence-corrected chi connectivity index (χ3v) is 1.44. The molecule has 0 fully saturated rings. The Morgan fingerprint density at radius 2 is 1.93 bits per heavy atom. The molecule has 3 N–H and O–H groups in total. The highest BCUT2D eigenvalue weighted by Gasteiger charge is 2.17. The highest BCUT2D eigenvalue weighted by atomic mass is 16.6. The molecule has 4 heteroatoms. The Bertz CT molecular complexity index is 185. The topological polar surface area (TPSA) is 64.3 Å². The molecule has 4 nitrogen and oxygen atoms in total. The summed E-state index contributed by atoms with van der Waals surface area (Å²) in [6.45, 7) is 9.74. The normalized spacial score (nSPS) is 13.9. The van der Waals surface area contributed by atoms with Crippen LogP contribution in [0.25, 0.3) is 0 Å². The smallest absolute Gasteiger partial charge is 0.409 e. The molecule has 1 unspecified atom stereocenters. The number of carbonyl (C=O) groups excluding carboxylic acids is 1. The molecule has 1 amide bonds. The maximum absolute atomic E-state index is 11.2. The quantitative estimate of drug-likeness (QED) is 0.686. The first-order valence-electron chi connectivity index (χ1n) is 4.95. The number of ether oxygens (including phenoxy) is 1. The minimum absolute atomic E-state index is 0.283. The molecule has 84 valence electrons. The molecular weight excluding hydrogens is 180 g/mol. The minimum atomic E-state index is -0.516. The fourth-order valence-corrected chi connectivity index (χ4v) is 0.986. The number of amides is 1. The monoisotopic (exact) mass is 202 g/mol. The Labute approximate surface area is 86.2 Å². The molecule has 0 aromatic carbocycles. The molecule has 0 aliphatic carbocycles. The second-order valence-corrected chi connectivity index (χ2v) is 4.95. The predicted octanol–water partition coefficient (Wildman–Crippen LogP) is 1.84. The first-order valence-corrected chi connectivity index (χ1v) is 4.95. The Morgan fingerprint density at radius 1 is 1.43 bits per heavy atom. The molecule has 0 aliphatic heterocycles. The van der Waals surface area contributed by atoms with E-state index in [-0.39, 0.29) is 5.54 Å². The summed E-state index contributed by atoms with van der Waals surface area (Å²) in [4.78, 5) is 11.2. The van der Waals surface area contributed by atoms with Crippen molar-refractivity contribution in [3.05, 3.63) is 0 Å². The van der Waals surface area contributed by atoms with E-state index in [1.807, 2.05) is 34.6 Å². The van der Waals surface area contributed by atoms with E-state index in [2.05, 4.69) is 5.32 Å². The Kier molecular flexibility index (Phi) is 4.91. The number of rotatable bonds is 3. The second kappa shape index (κ2) is 5.20. The zero-order valence-corrected chi connectivity index (χ0v) is 9.76. The molecule has 1 atom stereocenters. The molecule has 0 aromatic heterocycles. The number of alkyl carbamates (subject to hydrolysis) is 1. The summed E-state index contributed by atoms with van der Waals surface area (Å²) >= 11 is 0. The van der Waals surface area contributed by atoms with Crippen molar-refractivity contribution >= 4 is 6.09 Å². The highest BCUT2D eigenvalue weighted by Crippen LogP contribution is 2.05. The van der Waals surface area contributed by atoms with E-state index in [4.69, 9.17) is 10.5 Å². The third-order valence-electron chi connectivity index (χ3n) is 1.44. The largest absolute Gasteiger partial charge is 0.431 e. The maximum Gasteiger partial charge on any atom is 0.409 e. The van der Waals surface area contributed by atoms with Gasteiger partial charge >= 0.3 is 6.09 Å². The molecule has 0 saturated heterocycles. The lowest BCUT2D eigenvalue weighted by atomic mass is 10.1. The van der Waals surface area contributed by atoms with Crippen molar-refractivity contribution in [1.82, 2.24) is 5.32 Å². The van der Waals surface area contributed by atoms with Crippen LogP contribution in [0.4, 0.5) is 4.79 Å². The predicted molar refractivity (Wildman–Crippen MR) is 56.8 cm³/mol.